The average molecular weight is 257 g/mol. The number of rotatable bonds is 7. The van der Waals surface area contributed by atoms with Crippen LogP contribution in [0.25, 0.3) is 0 Å². The van der Waals surface area contributed by atoms with Crippen LogP contribution in [0.5, 0.6) is 0 Å². The van der Waals surface area contributed by atoms with E-state index in [-0.39, 0.29) is 5.92 Å². The van der Waals surface area contributed by atoms with Crippen molar-refractivity contribution >= 4 is 0 Å². The molecule has 1 nitrogen and oxygen atoms in total. The molecule has 0 amide bonds. The minimum atomic E-state index is 0.207. The zero-order valence-corrected chi connectivity index (χ0v) is 12.5. The Balaban J connectivity index is 2.82. The molecular weight excluding hydrogens is 230 g/mol. The molecule has 0 aromatic rings. The molecular formula is C18H27N. The standard InChI is InChI=1S/C18H27N/c1-5-8-15(10-14(4)7-3)17-11-16(9-6-2)18(12-17)13-19/h6,10,16-18H,2,4-5,7-9,11-12H2,1,3H3/b15-10+/t16-,17?,18?/m1/s1. The number of allylic oxidation sites excluding steroid dienone is 4. The highest BCUT2D eigenvalue weighted by molar-refractivity contribution is 5.24. The highest BCUT2D eigenvalue weighted by Gasteiger charge is 2.34. The summed E-state index contributed by atoms with van der Waals surface area (Å²) in [6.07, 6.45) is 10.7. The number of nitriles is 1. The predicted molar refractivity (Wildman–Crippen MR) is 82.6 cm³/mol. The van der Waals surface area contributed by atoms with E-state index in [9.17, 15) is 5.26 Å². The van der Waals surface area contributed by atoms with E-state index in [0.29, 0.717) is 11.8 Å². The summed E-state index contributed by atoms with van der Waals surface area (Å²) in [7, 11) is 0. The average Bonchev–Trinajstić information content (AvgIpc) is 2.81. The van der Waals surface area contributed by atoms with Crippen molar-refractivity contribution in [3.8, 4) is 6.07 Å². The van der Waals surface area contributed by atoms with E-state index in [1.54, 1.807) is 0 Å². The molecule has 1 aliphatic rings. The van der Waals surface area contributed by atoms with Crippen LogP contribution < -0.4 is 0 Å². The molecule has 0 radical (unpaired) electrons. The van der Waals surface area contributed by atoms with Gasteiger partial charge in [-0.25, -0.2) is 0 Å². The molecule has 1 heteroatoms. The van der Waals surface area contributed by atoms with Gasteiger partial charge < -0.3 is 0 Å². The van der Waals surface area contributed by atoms with Crippen LogP contribution in [0.1, 0.15) is 52.4 Å². The maximum Gasteiger partial charge on any atom is 0.0659 e. The molecule has 1 aliphatic carbocycles. The summed E-state index contributed by atoms with van der Waals surface area (Å²) < 4.78 is 0. The van der Waals surface area contributed by atoms with Crippen molar-refractivity contribution in [1.82, 2.24) is 0 Å². The van der Waals surface area contributed by atoms with Crippen LogP contribution in [-0.2, 0) is 0 Å². The largest absolute Gasteiger partial charge is 0.198 e. The Labute approximate surface area is 118 Å². The Hall–Kier alpha value is -1.29. The Bertz CT molecular complexity index is 383. The van der Waals surface area contributed by atoms with Crippen LogP contribution in [0, 0.1) is 29.1 Å². The second kappa shape index (κ2) is 8.00. The summed E-state index contributed by atoms with van der Waals surface area (Å²) in [5.74, 6) is 1.29. The molecule has 2 unspecified atom stereocenters. The molecule has 0 N–H and O–H groups in total. The van der Waals surface area contributed by atoms with Crippen LogP contribution in [-0.4, -0.2) is 0 Å². The Morgan fingerprint density at radius 2 is 2.11 bits per heavy atom. The van der Waals surface area contributed by atoms with Gasteiger partial charge >= 0.3 is 0 Å². The molecule has 0 saturated heterocycles. The SMILES string of the molecule is C=CC[C@@H]1CC(/C(=C/C(=C)CC)CCC)CC1C#N. The predicted octanol–water partition coefficient (Wildman–Crippen LogP) is 5.42. The van der Waals surface area contributed by atoms with Crippen LogP contribution in [0.2, 0.25) is 0 Å². The number of hydrogen-bond acceptors (Lipinski definition) is 1. The fourth-order valence-electron chi connectivity index (χ4n) is 3.11. The molecule has 19 heavy (non-hydrogen) atoms. The lowest BCUT2D eigenvalue weighted by Crippen LogP contribution is -2.03. The normalized spacial score (nSPS) is 27.0. The maximum absolute atomic E-state index is 9.30. The molecule has 1 saturated carbocycles. The third kappa shape index (κ3) is 4.39. The first kappa shape index (κ1) is 15.8. The number of hydrogen-bond donors (Lipinski definition) is 0. The molecule has 1 fully saturated rings. The molecule has 0 aliphatic heterocycles. The smallest absolute Gasteiger partial charge is 0.0659 e. The molecule has 0 aromatic heterocycles. The summed E-state index contributed by atoms with van der Waals surface area (Å²) >= 11 is 0. The Morgan fingerprint density at radius 3 is 2.63 bits per heavy atom. The Morgan fingerprint density at radius 1 is 1.37 bits per heavy atom. The second-order valence-corrected chi connectivity index (χ2v) is 5.67. The first-order valence-electron chi connectivity index (χ1n) is 7.54. The van der Waals surface area contributed by atoms with Gasteiger partial charge in [-0.3, -0.25) is 0 Å². The van der Waals surface area contributed by atoms with E-state index in [1.165, 1.54) is 17.6 Å². The summed E-state index contributed by atoms with van der Waals surface area (Å²) in [6.45, 7) is 12.3. The van der Waals surface area contributed by atoms with Gasteiger partial charge in [-0.05, 0) is 43.9 Å². The molecule has 1 rings (SSSR count). The quantitative estimate of drug-likeness (QED) is 0.441. The van der Waals surface area contributed by atoms with Gasteiger partial charge in [0.15, 0.2) is 0 Å². The lowest BCUT2D eigenvalue weighted by Gasteiger charge is -2.15. The monoisotopic (exact) mass is 257 g/mol. The van der Waals surface area contributed by atoms with Gasteiger partial charge in [0, 0.05) is 0 Å². The van der Waals surface area contributed by atoms with E-state index in [1.807, 2.05) is 6.08 Å². The molecule has 0 bridgehead atoms. The molecule has 104 valence electrons. The van der Waals surface area contributed by atoms with Crippen molar-refractivity contribution in [1.29, 1.82) is 5.26 Å². The summed E-state index contributed by atoms with van der Waals surface area (Å²) in [6, 6.07) is 2.50. The summed E-state index contributed by atoms with van der Waals surface area (Å²) in [5, 5.41) is 9.30. The van der Waals surface area contributed by atoms with Crippen LogP contribution in [0.15, 0.2) is 36.5 Å². The van der Waals surface area contributed by atoms with Gasteiger partial charge in [0.1, 0.15) is 0 Å². The fourth-order valence-corrected chi connectivity index (χ4v) is 3.11. The third-order valence-corrected chi connectivity index (χ3v) is 4.24. The lowest BCUT2D eigenvalue weighted by atomic mass is 9.90. The number of nitrogens with zero attached hydrogens (tertiary/aromatic N) is 1. The molecule has 0 aromatic carbocycles. The van der Waals surface area contributed by atoms with E-state index in [4.69, 9.17) is 0 Å². The van der Waals surface area contributed by atoms with Crippen molar-refractivity contribution in [3.63, 3.8) is 0 Å². The maximum atomic E-state index is 9.30. The van der Waals surface area contributed by atoms with Gasteiger partial charge in [0.2, 0.25) is 0 Å². The first-order valence-corrected chi connectivity index (χ1v) is 7.54. The van der Waals surface area contributed by atoms with Gasteiger partial charge in [-0.1, -0.05) is 50.1 Å². The van der Waals surface area contributed by atoms with Crippen LogP contribution in [0.3, 0.4) is 0 Å². The molecule has 0 spiro atoms. The first-order chi connectivity index (χ1) is 9.15. The zero-order valence-electron chi connectivity index (χ0n) is 12.5. The van der Waals surface area contributed by atoms with Crippen LogP contribution >= 0.6 is 0 Å². The van der Waals surface area contributed by atoms with E-state index < -0.39 is 0 Å². The topological polar surface area (TPSA) is 23.8 Å². The van der Waals surface area contributed by atoms with Crippen molar-refractivity contribution < 1.29 is 0 Å². The van der Waals surface area contributed by atoms with E-state index >= 15 is 0 Å². The third-order valence-electron chi connectivity index (χ3n) is 4.24. The second-order valence-electron chi connectivity index (χ2n) is 5.67. The molecule has 3 atom stereocenters. The van der Waals surface area contributed by atoms with Crippen molar-refractivity contribution in [2.24, 2.45) is 17.8 Å². The highest BCUT2D eigenvalue weighted by Crippen LogP contribution is 2.43. The zero-order chi connectivity index (χ0) is 14.3. The van der Waals surface area contributed by atoms with Crippen molar-refractivity contribution in [2.75, 3.05) is 0 Å². The van der Waals surface area contributed by atoms with E-state index in [2.05, 4.69) is 39.2 Å². The van der Waals surface area contributed by atoms with Gasteiger partial charge in [-0.2, -0.15) is 5.26 Å². The summed E-state index contributed by atoms with van der Waals surface area (Å²) in [4.78, 5) is 0. The van der Waals surface area contributed by atoms with Crippen molar-refractivity contribution in [3.05, 3.63) is 36.5 Å². The molecule has 0 heterocycles. The van der Waals surface area contributed by atoms with Gasteiger partial charge in [-0.15, -0.1) is 6.58 Å². The minimum Gasteiger partial charge on any atom is -0.198 e. The highest BCUT2D eigenvalue weighted by atomic mass is 14.4. The van der Waals surface area contributed by atoms with Crippen LogP contribution in [0.4, 0.5) is 0 Å². The van der Waals surface area contributed by atoms with Crippen molar-refractivity contribution in [2.45, 2.75) is 52.4 Å². The fraction of sp³-hybridized carbons (Fsp3) is 0.611. The lowest BCUT2D eigenvalue weighted by molar-refractivity contribution is 0.470. The minimum absolute atomic E-state index is 0.207. The van der Waals surface area contributed by atoms with Gasteiger partial charge in [0.25, 0.3) is 0 Å². The Kier molecular flexibility index (Phi) is 6.64. The van der Waals surface area contributed by atoms with E-state index in [0.717, 1.165) is 32.1 Å². The van der Waals surface area contributed by atoms with Gasteiger partial charge in [0.05, 0.1) is 12.0 Å². The summed E-state index contributed by atoms with van der Waals surface area (Å²) in [5.41, 5.74) is 2.73.